The average Bonchev–Trinajstić information content (AvgIpc) is 2.95. The number of ether oxygens (including phenoxy) is 2. The maximum Gasteiger partial charge on any atom is 0.509 e. The second-order valence-corrected chi connectivity index (χ2v) is 18.8. The summed E-state index contributed by atoms with van der Waals surface area (Å²) >= 11 is 0. The van der Waals surface area contributed by atoms with Crippen LogP contribution in [0.2, 0.25) is 18.1 Å². The van der Waals surface area contributed by atoms with Gasteiger partial charge in [0.05, 0.1) is 11.5 Å². The minimum Gasteiger partial charge on any atom is -0.426 e. The van der Waals surface area contributed by atoms with Gasteiger partial charge in [-0.15, -0.1) is 0 Å². The Morgan fingerprint density at radius 2 is 1.79 bits per heavy atom. The molecular formula is C27H42O5Si. The molecule has 0 N–H and O–H groups in total. The van der Waals surface area contributed by atoms with Gasteiger partial charge in [-0.1, -0.05) is 60.1 Å². The normalized spacial score (nSPS) is 47.9. The number of rotatable bonds is 2. The molecule has 2 bridgehead atoms. The van der Waals surface area contributed by atoms with E-state index in [2.05, 4.69) is 74.6 Å². The number of hydrogen-bond acceptors (Lipinski definition) is 5. The van der Waals surface area contributed by atoms with Gasteiger partial charge in [0.2, 0.25) is 0 Å². The van der Waals surface area contributed by atoms with Crippen LogP contribution in [0.25, 0.3) is 0 Å². The van der Waals surface area contributed by atoms with E-state index in [1.807, 2.05) is 0 Å². The summed E-state index contributed by atoms with van der Waals surface area (Å²) in [5.74, 6) is 0.775. The number of carbonyl (C=O) groups excluding carboxylic acids is 2. The van der Waals surface area contributed by atoms with Gasteiger partial charge in [-0.25, -0.2) is 4.79 Å². The summed E-state index contributed by atoms with van der Waals surface area (Å²) in [5, 5.41) is 0.0170. The first-order chi connectivity index (χ1) is 15.0. The van der Waals surface area contributed by atoms with Crippen LogP contribution in [0.5, 0.6) is 0 Å². The number of Topliss-reactive ketones (excluding diaryl/α,β-unsaturated/α-hetero) is 1. The molecule has 5 nitrogen and oxygen atoms in total. The monoisotopic (exact) mass is 474 g/mol. The maximum absolute atomic E-state index is 14.9. The Bertz CT molecular complexity index is 945. The van der Waals surface area contributed by atoms with Crippen LogP contribution in [-0.2, 0) is 18.7 Å². The van der Waals surface area contributed by atoms with Crippen molar-refractivity contribution in [3.63, 3.8) is 0 Å². The molecule has 0 aromatic rings. The lowest BCUT2D eigenvalue weighted by Gasteiger charge is -2.45. The first-order valence-corrected chi connectivity index (χ1v) is 15.7. The van der Waals surface area contributed by atoms with Gasteiger partial charge in [-0.3, -0.25) is 4.79 Å². The van der Waals surface area contributed by atoms with Crippen molar-refractivity contribution in [2.75, 3.05) is 0 Å². The standard InChI is InChI=1S/C27H42O5Si/c1-14-12-26-15(2)11-17-19(25(17,7)8)18(21(26)28)20(32-33(9,10)24(4,5)6)16(3)22-27(26,13-14)31-23(29)30-22/h12,15-20,22H,11,13H2,1-10H3/t15-,16+,17-,18-,19-,20-,22-,26+,27-/m1/s1. The van der Waals surface area contributed by atoms with E-state index in [4.69, 9.17) is 13.9 Å². The van der Waals surface area contributed by atoms with Gasteiger partial charge in [-0.2, -0.15) is 0 Å². The van der Waals surface area contributed by atoms with Gasteiger partial charge in [0.15, 0.2) is 25.8 Å². The van der Waals surface area contributed by atoms with Gasteiger partial charge in [0.1, 0.15) is 0 Å². The third-order valence-corrected chi connectivity index (χ3v) is 15.3. The van der Waals surface area contributed by atoms with Crippen LogP contribution >= 0.6 is 0 Å². The molecule has 5 aliphatic rings. The molecule has 0 amide bonds. The van der Waals surface area contributed by atoms with E-state index in [0.29, 0.717) is 18.3 Å². The quantitative estimate of drug-likeness (QED) is 0.273. The fourth-order valence-corrected chi connectivity index (χ4v) is 9.52. The molecule has 1 aliphatic heterocycles. The number of ketones is 1. The van der Waals surface area contributed by atoms with Gasteiger partial charge in [0.25, 0.3) is 0 Å². The van der Waals surface area contributed by atoms with Crippen LogP contribution in [0, 0.1) is 40.4 Å². The molecule has 1 saturated heterocycles. The van der Waals surface area contributed by atoms with E-state index >= 15 is 0 Å². The van der Waals surface area contributed by atoms with E-state index < -0.39 is 31.6 Å². The second kappa shape index (κ2) is 6.54. The summed E-state index contributed by atoms with van der Waals surface area (Å²) in [7, 11) is -2.20. The minimum absolute atomic E-state index is 0.0170. The summed E-state index contributed by atoms with van der Waals surface area (Å²) in [4.78, 5) is 27.6. The Morgan fingerprint density at radius 3 is 2.39 bits per heavy atom. The van der Waals surface area contributed by atoms with Crippen molar-refractivity contribution in [3.8, 4) is 0 Å². The first-order valence-electron chi connectivity index (χ1n) is 12.8. The molecule has 3 saturated carbocycles. The highest BCUT2D eigenvalue weighted by atomic mass is 28.4. The first kappa shape index (κ1) is 23.6. The van der Waals surface area contributed by atoms with E-state index in [9.17, 15) is 9.59 Å². The fourth-order valence-electron chi connectivity index (χ4n) is 8.13. The predicted molar refractivity (Wildman–Crippen MR) is 129 cm³/mol. The predicted octanol–water partition coefficient (Wildman–Crippen LogP) is 6.13. The zero-order chi connectivity index (χ0) is 24.5. The highest BCUT2D eigenvalue weighted by Crippen LogP contribution is 2.74. The van der Waals surface area contributed by atoms with Crippen molar-refractivity contribution in [1.29, 1.82) is 0 Å². The van der Waals surface area contributed by atoms with Crippen molar-refractivity contribution in [2.24, 2.45) is 40.4 Å². The number of fused-ring (bicyclic) bond motifs is 3. The SMILES string of the molecule is CC1=C[C@]23C(=O)[C@@H]([C@H](O[Si](C)(C)C(C)(C)C)[C@H](C)[C@H]4OC(=O)O[C@]42C1)[C@H]1[C@@H](C[C@H]3C)C1(C)C. The third kappa shape index (κ3) is 2.74. The van der Waals surface area contributed by atoms with Gasteiger partial charge in [0, 0.05) is 18.3 Å². The third-order valence-electron chi connectivity index (χ3n) is 10.9. The van der Waals surface area contributed by atoms with Gasteiger partial charge >= 0.3 is 6.16 Å². The molecule has 184 valence electrons. The molecule has 5 rings (SSSR count). The Kier molecular flexibility index (Phi) is 4.67. The largest absolute Gasteiger partial charge is 0.509 e. The lowest BCUT2D eigenvalue weighted by Crippen LogP contribution is -2.59. The fraction of sp³-hybridized carbons (Fsp3) is 0.852. The maximum atomic E-state index is 14.9. The Morgan fingerprint density at radius 1 is 1.15 bits per heavy atom. The van der Waals surface area contributed by atoms with Crippen LogP contribution < -0.4 is 0 Å². The molecule has 2 spiro atoms. The molecule has 9 atom stereocenters. The molecular weight excluding hydrogens is 432 g/mol. The second-order valence-electron chi connectivity index (χ2n) is 14.0. The van der Waals surface area contributed by atoms with E-state index in [-0.39, 0.29) is 40.1 Å². The van der Waals surface area contributed by atoms with Crippen molar-refractivity contribution < 1.29 is 23.5 Å². The molecule has 6 heteroatoms. The molecule has 4 fully saturated rings. The smallest absolute Gasteiger partial charge is 0.426 e. The molecule has 0 aromatic carbocycles. The van der Waals surface area contributed by atoms with E-state index in [1.54, 1.807) is 0 Å². The van der Waals surface area contributed by atoms with Crippen LogP contribution in [0.3, 0.4) is 0 Å². The van der Waals surface area contributed by atoms with Crippen molar-refractivity contribution >= 4 is 20.3 Å². The summed E-state index contributed by atoms with van der Waals surface area (Å²) in [6.45, 7) is 22.3. The zero-order valence-electron chi connectivity index (χ0n) is 22.1. The van der Waals surface area contributed by atoms with Crippen molar-refractivity contribution in [2.45, 2.75) is 104 Å². The van der Waals surface area contributed by atoms with Crippen LogP contribution in [-0.4, -0.2) is 38.1 Å². The molecule has 0 unspecified atom stereocenters. The summed E-state index contributed by atoms with van der Waals surface area (Å²) in [5.41, 5.74) is -0.536. The number of hydrogen-bond donors (Lipinski definition) is 0. The molecule has 4 aliphatic carbocycles. The van der Waals surface area contributed by atoms with Gasteiger partial charge < -0.3 is 13.9 Å². The molecule has 0 aromatic heterocycles. The molecule has 1 heterocycles. The molecule has 33 heavy (non-hydrogen) atoms. The lowest BCUT2D eigenvalue weighted by atomic mass is 9.59. The number of carbonyl (C=O) groups is 2. The lowest BCUT2D eigenvalue weighted by molar-refractivity contribution is -0.148. The summed E-state index contributed by atoms with van der Waals surface area (Å²) < 4.78 is 19.3. The summed E-state index contributed by atoms with van der Waals surface area (Å²) in [6, 6.07) is 0. The highest BCUT2D eigenvalue weighted by Gasteiger charge is 2.80. The highest BCUT2D eigenvalue weighted by molar-refractivity contribution is 6.74. The summed E-state index contributed by atoms with van der Waals surface area (Å²) in [6.07, 6.45) is 2.32. The topological polar surface area (TPSA) is 61.8 Å². The minimum atomic E-state index is -2.20. The zero-order valence-corrected chi connectivity index (χ0v) is 23.1. The van der Waals surface area contributed by atoms with Crippen molar-refractivity contribution in [1.82, 2.24) is 0 Å². The van der Waals surface area contributed by atoms with E-state index in [0.717, 1.165) is 12.0 Å². The van der Waals surface area contributed by atoms with E-state index in [1.165, 1.54) is 0 Å². The Hall–Kier alpha value is -1.14. The van der Waals surface area contributed by atoms with Crippen molar-refractivity contribution in [3.05, 3.63) is 11.6 Å². The van der Waals surface area contributed by atoms with Crippen LogP contribution in [0.15, 0.2) is 11.6 Å². The van der Waals surface area contributed by atoms with Crippen LogP contribution in [0.1, 0.15) is 68.2 Å². The van der Waals surface area contributed by atoms with Gasteiger partial charge in [-0.05, 0) is 54.6 Å². The van der Waals surface area contributed by atoms with Crippen LogP contribution in [0.4, 0.5) is 4.79 Å². The Balaban J connectivity index is 1.73. The average molecular weight is 475 g/mol. The Labute approximate surface area is 200 Å². The molecule has 0 radical (unpaired) electrons.